The number of benzene rings is 1. The Bertz CT molecular complexity index is 649. The van der Waals surface area contributed by atoms with E-state index in [1.54, 1.807) is 10.8 Å². The predicted molar refractivity (Wildman–Crippen MR) is 104 cm³/mol. The van der Waals surface area contributed by atoms with Crippen LogP contribution in [0.15, 0.2) is 38.9 Å². The van der Waals surface area contributed by atoms with Gasteiger partial charge < -0.3 is 0 Å². The Balaban J connectivity index is 2.60. The van der Waals surface area contributed by atoms with Crippen LogP contribution in [-0.2, 0) is 23.3 Å². The molecule has 1 aromatic carbocycles. The molecule has 0 spiro atoms. The summed E-state index contributed by atoms with van der Waals surface area (Å²) in [5.74, 6) is 0. The third-order valence-electron chi connectivity index (χ3n) is 5.09. The molecule has 0 bridgehead atoms. The zero-order valence-corrected chi connectivity index (χ0v) is 19.1. The Morgan fingerprint density at radius 2 is 1.48 bits per heavy atom. The second kappa shape index (κ2) is 6.50. The van der Waals surface area contributed by atoms with Gasteiger partial charge in [0.15, 0.2) is 0 Å². The molecule has 0 atom stereocenters. The van der Waals surface area contributed by atoms with Gasteiger partial charge >= 0.3 is 151 Å². The van der Waals surface area contributed by atoms with E-state index in [0.717, 1.165) is 0 Å². The quantitative estimate of drug-likeness (QED) is 0.520. The standard InChI is InChI=1S/C19H27Si.2CH3.Ti/c1-14-10-15(2)12-17(11-14)19(3,4)16-8-9-18(13-16)20(5,6)7;;;/h9-12H,8H2,1-7H3;2*1H3;. The van der Waals surface area contributed by atoms with Gasteiger partial charge in [-0.3, -0.25) is 0 Å². The first-order valence-electron chi connectivity index (χ1n) is 8.78. The van der Waals surface area contributed by atoms with Crippen molar-refractivity contribution in [3.63, 3.8) is 0 Å². The van der Waals surface area contributed by atoms with E-state index in [2.05, 4.69) is 82.1 Å². The normalized spacial score (nSPS) is 16.0. The summed E-state index contributed by atoms with van der Waals surface area (Å²) in [5.41, 5.74) is 6.13. The van der Waals surface area contributed by atoms with Crippen molar-refractivity contribution < 1.29 is 17.9 Å². The van der Waals surface area contributed by atoms with Gasteiger partial charge in [0.1, 0.15) is 0 Å². The molecule has 1 aliphatic rings. The van der Waals surface area contributed by atoms with Gasteiger partial charge in [0.2, 0.25) is 0 Å². The second-order valence-electron chi connectivity index (χ2n) is 8.93. The van der Waals surface area contributed by atoms with Crippen LogP contribution in [0.4, 0.5) is 0 Å². The zero-order chi connectivity index (χ0) is 17.6. The summed E-state index contributed by atoms with van der Waals surface area (Å²) >= 11 is -1.13. The Hall–Kier alpha value is -0.369. The van der Waals surface area contributed by atoms with Gasteiger partial charge in [-0.2, -0.15) is 0 Å². The van der Waals surface area contributed by atoms with E-state index in [4.69, 9.17) is 0 Å². The van der Waals surface area contributed by atoms with Gasteiger partial charge in [-0.15, -0.1) is 0 Å². The van der Waals surface area contributed by atoms with Crippen LogP contribution in [0.25, 0.3) is 0 Å². The Morgan fingerprint density at radius 1 is 0.957 bits per heavy atom. The molecule has 0 nitrogen and oxygen atoms in total. The van der Waals surface area contributed by atoms with Crippen molar-refractivity contribution in [2.24, 2.45) is 0 Å². The van der Waals surface area contributed by atoms with Crippen LogP contribution in [0.2, 0.25) is 30.1 Å². The van der Waals surface area contributed by atoms with E-state index in [1.807, 2.05) is 3.88 Å². The summed E-state index contributed by atoms with van der Waals surface area (Å²) in [6.07, 6.45) is 3.76. The van der Waals surface area contributed by atoms with Crippen molar-refractivity contribution in [3.05, 3.63) is 55.6 Å². The molecule has 0 aromatic heterocycles. The van der Waals surface area contributed by atoms with Gasteiger partial charge in [0, 0.05) is 0 Å². The molecule has 23 heavy (non-hydrogen) atoms. The summed E-state index contributed by atoms with van der Waals surface area (Å²) < 4.78 is 1.83. The number of allylic oxidation sites excluding steroid dienone is 4. The van der Waals surface area contributed by atoms with E-state index < -0.39 is 25.9 Å². The van der Waals surface area contributed by atoms with E-state index in [1.165, 1.54) is 23.1 Å². The molecular weight excluding hydrogens is 328 g/mol. The first-order valence-corrected chi connectivity index (χ1v) is 16.2. The average molecular weight is 361 g/mol. The molecular formula is C21H33SiTi. The Kier molecular flexibility index (Phi) is 5.36. The van der Waals surface area contributed by atoms with Gasteiger partial charge in [-0.25, -0.2) is 0 Å². The minimum absolute atomic E-state index is 0.147. The van der Waals surface area contributed by atoms with Crippen LogP contribution in [0.3, 0.4) is 0 Å². The topological polar surface area (TPSA) is 0 Å². The molecule has 2 rings (SSSR count). The molecule has 0 amide bonds. The van der Waals surface area contributed by atoms with Crippen molar-refractivity contribution in [2.45, 2.75) is 69.6 Å². The molecule has 0 heterocycles. The maximum atomic E-state index is 2.58. The van der Waals surface area contributed by atoms with Crippen LogP contribution >= 0.6 is 0 Å². The van der Waals surface area contributed by atoms with E-state index >= 15 is 0 Å². The van der Waals surface area contributed by atoms with Crippen LogP contribution in [0.1, 0.15) is 37.0 Å². The van der Waals surface area contributed by atoms with E-state index in [-0.39, 0.29) is 5.41 Å². The SMILES string of the molecule is Cc1cc(C)cc(C(C)(C)C2=[C]([Ti]([CH3])[CH3])C([Si](C)(C)C)=CC2)c1. The molecule has 1 aliphatic carbocycles. The van der Waals surface area contributed by atoms with Crippen LogP contribution in [-0.4, -0.2) is 8.07 Å². The first kappa shape index (κ1) is 19.0. The maximum absolute atomic E-state index is 2.58. The minimum atomic E-state index is -1.25. The third-order valence-corrected chi connectivity index (χ3v) is 10.0. The molecule has 0 saturated carbocycles. The fourth-order valence-electron chi connectivity index (χ4n) is 3.90. The molecule has 2 heteroatoms. The summed E-state index contributed by atoms with van der Waals surface area (Å²) in [6, 6.07) is 7.08. The predicted octanol–water partition coefficient (Wildman–Crippen LogP) is 6.76. The summed E-state index contributed by atoms with van der Waals surface area (Å²) in [4.78, 5) is 0. The monoisotopic (exact) mass is 361 g/mol. The molecule has 0 unspecified atom stereocenters. The van der Waals surface area contributed by atoms with Gasteiger partial charge in [0.05, 0.1) is 0 Å². The number of aryl methyl sites for hydroxylation is 2. The molecule has 0 fully saturated rings. The fourth-order valence-corrected chi connectivity index (χ4v) is 10.9. The molecule has 0 aliphatic heterocycles. The zero-order valence-electron chi connectivity index (χ0n) is 16.5. The summed E-state index contributed by atoms with van der Waals surface area (Å²) in [5, 5.41) is 6.84. The fraction of sp³-hybridized carbons (Fsp3) is 0.524. The molecule has 1 aromatic rings. The van der Waals surface area contributed by atoms with Crippen molar-refractivity contribution in [1.82, 2.24) is 0 Å². The van der Waals surface area contributed by atoms with Gasteiger partial charge in [-0.1, -0.05) is 0 Å². The number of hydrogen-bond donors (Lipinski definition) is 0. The van der Waals surface area contributed by atoms with Crippen molar-refractivity contribution in [2.75, 3.05) is 0 Å². The molecule has 125 valence electrons. The first-order chi connectivity index (χ1) is 10.4. The molecule has 0 saturated heterocycles. The third kappa shape index (κ3) is 3.83. The summed E-state index contributed by atoms with van der Waals surface area (Å²) in [6.45, 7) is 16.9. The molecule has 0 N–H and O–H groups in total. The summed E-state index contributed by atoms with van der Waals surface area (Å²) in [7, 11) is -1.25. The number of rotatable bonds is 4. The van der Waals surface area contributed by atoms with Crippen molar-refractivity contribution in [1.29, 1.82) is 0 Å². The second-order valence-corrected chi connectivity index (χ2v) is 17.9. The molecule has 0 radical (unpaired) electrons. The van der Waals surface area contributed by atoms with Gasteiger partial charge in [-0.05, 0) is 0 Å². The van der Waals surface area contributed by atoms with E-state index in [9.17, 15) is 0 Å². The van der Waals surface area contributed by atoms with Crippen LogP contribution in [0, 0.1) is 13.8 Å². The van der Waals surface area contributed by atoms with Crippen LogP contribution in [0.5, 0.6) is 0 Å². The van der Waals surface area contributed by atoms with Crippen molar-refractivity contribution in [3.8, 4) is 0 Å². The number of hydrogen-bond acceptors (Lipinski definition) is 0. The van der Waals surface area contributed by atoms with E-state index in [0.29, 0.717) is 0 Å². The van der Waals surface area contributed by atoms with Gasteiger partial charge in [0.25, 0.3) is 0 Å². The van der Waals surface area contributed by atoms with Crippen molar-refractivity contribution >= 4 is 8.07 Å². The Morgan fingerprint density at radius 3 is 1.91 bits per heavy atom. The Labute approximate surface area is 150 Å². The average Bonchev–Trinajstić information content (AvgIpc) is 2.82. The van der Waals surface area contributed by atoms with Crippen LogP contribution < -0.4 is 0 Å².